The normalized spacial score (nSPS) is 11.0. The van der Waals surface area contributed by atoms with Crippen molar-refractivity contribution in [3.05, 3.63) is 53.6 Å². The van der Waals surface area contributed by atoms with Gasteiger partial charge in [0.2, 0.25) is 0 Å². The van der Waals surface area contributed by atoms with Crippen LogP contribution in [0.5, 0.6) is 5.75 Å². The predicted molar refractivity (Wildman–Crippen MR) is 118 cm³/mol. The molecule has 0 heterocycles. The van der Waals surface area contributed by atoms with E-state index >= 15 is 0 Å². The Morgan fingerprint density at radius 2 is 1.74 bits per heavy atom. The monoisotopic (exact) mass is 448 g/mol. The number of unbranched alkanes of at least 4 members (excludes halogenated alkanes) is 1. The molecule has 0 aromatic heterocycles. The van der Waals surface area contributed by atoms with E-state index in [9.17, 15) is 18.0 Å². The maximum absolute atomic E-state index is 12.7. The molecule has 0 bridgehead atoms. The van der Waals surface area contributed by atoms with Crippen molar-refractivity contribution in [1.82, 2.24) is 4.90 Å². The molecule has 2 aromatic rings. The van der Waals surface area contributed by atoms with Crippen molar-refractivity contribution in [2.45, 2.75) is 31.6 Å². The maximum Gasteiger partial charge on any atom is 0.338 e. The first-order valence-corrected chi connectivity index (χ1v) is 11.4. The third kappa shape index (κ3) is 6.99. The van der Waals surface area contributed by atoms with Crippen LogP contribution in [0.1, 0.15) is 35.7 Å². The summed E-state index contributed by atoms with van der Waals surface area (Å²) in [6, 6.07) is 10.4. The molecule has 2 aromatic carbocycles. The van der Waals surface area contributed by atoms with Crippen LogP contribution in [-0.2, 0) is 19.6 Å². The zero-order valence-electron chi connectivity index (χ0n) is 18.2. The number of benzene rings is 2. The third-order valence-corrected chi connectivity index (χ3v) is 5.79. The molecular weight excluding hydrogens is 420 g/mol. The molecule has 8 nitrogen and oxygen atoms in total. The second-order valence-corrected chi connectivity index (χ2v) is 8.86. The fourth-order valence-corrected chi connectivity index (χ4v) is 3.64. The Morgan fingerprint density at radius 3 is 2.32 bits per heavy atom. The van der Waals surface area contributed by atoms with Crippen molar-refractivity contribution >= 4 is 27.6 Å². The highest BCUT2D eigenvalue weighted by molar-refractivity contribution is 7.92. The second-order valence-electron chi connectivity index (χ2n) is 7.18. The van der Waals surface area contributed by atoms with Gasteiger partial charge < -0.3 is 14.4 Å². The van der Waals surface area contributed by atoms with Gasteiger partial charge in [0.1, 0.15) is 5.75 Å². The zero-order chi connectivity index (χ0) is 23.0. The Kier molecular flexibility index (Phi) is 8.44. The van der Waals surface area contributed by atoms with Crippen LogP contribution in [0, 0.1) is 6.92 Å². The number of nitrogens with zero attached hydrogens (tertiary/aromatic N) is 1. The van der Waals surface area contributed by atoms with Crippen molar-refractivity contribution < 1.29 is 27.5 Å². The summed E-state index contributed by atoms with van der Waals surface area (Å²) in [5, 5.41) is 0. The molecule has 168 valence electrons. The fraction of sp³-hybridized carbons (Fsp3) is 0.364. The number of sulfonamides is 1. The predicted octanol–water partition coefficient (Wildman–Crippen LogP) is 3.22. The minimum absolute atomic E-state index is 0.0549. The van der Waals surface area contributed by atoms with Crippen molar-refractivity contribution in [3.63, 3.8) is 0 Å². The molecule has 1 N–H and O–H groups in total. The van der Waals surface area contributed by atoms with Gasteiger partial charge >= 0.3 is 5.97 Å². The summed E-state index contributed by atoms with van der Waals surface area (Å²) < 4.78 is 38.5. The molecule has 2 rings (SSSR count). The number of aryl methyl sites for hydroxylation is 1. The van der Waals surface area contributed by atoms with Gasteiger partial charge in [-0.05, 0) is 61.4 Å². The Bertz CT molecular complexity index is 1020. The Hall–Kier alpha value is -3.07. The number of likely N-dealkylation sites (N-methyl/N-ethyl adjacent to an activating group) is 1. The van der Waals surface area contributed by atoms with Gasteiger partial charge in [0, 0.05) is 19.8 Å². The molecule has 0 atom stereocenters. The summed E-state index contributed by atoms with van der Waals surface area (Å²) in [6.07, 6.45) is 1.72. The van der Waals surface area contributed by atoms with Crippen molar-refractivity contribution in [3.8, 4) is 5.75 Å². The molecule has 0 aliphatic heterocycles. The maximum atomic E-state index is 12.7. The minimum Gasteiger partial charge on any atom is -0.483 e. The highest BCUT2D eigenvalue weighted by Gasteiger charge is 2.17. The van der Waals surface area contributed by atoms with Gasteiger partial charge in [-0.2, -0.15) is 0 Å². The molecule has 0 unspecified atom stereocenters. The van der Waals surface area contributed by atoms with Crippen LogP contribution >= 0.6 is 0 Å². The highest BCUT2D eigenvalue weighted by atomic mass is 32.2. The molecule has 0 saturated carbocycles. The Labute approximate surface area is 183 Å². The number of ether oxygens (including phenoxy) is 2. The van der Waals surface area contributed by atoms with E-state index in [4.69, 9.17) is 9.47 Å². The average molecular weight is 449 g/mol. The van der Waals surface area contributed by atoms with Crippen molar-refractivity contribution in [1.29, 1.82) is 0 Å². The molecule has 31 heavy (non-hydrogen) atoms. The molecule has 0 aliphatic carbocycles. The van der Waals surface area contributed by atoms with E-state index in [1.165, 1.54) is 47.4 Å². The molecule has 0 spiro atoms. The van der Waals surface area contributed by atoms with E-state index in [1.807, 2.05) is 6.92 Å². The largest absolute Gasteiger partial charge is 0.483 e. The van der Waals surface area contributed by atoms with Gasteiger partial charge in [0.05, 0.1) is 17.1 Å². The third-order valence-electron chi connectivity index (χ3n) is 4.41. The number of hydrogen-bond acceptors (Lipinski definition) is 6. The number of esters is 1. The van der Waals surface area contributed by atoms with E-state index in [1.54, 1.807) is 21.0 Å². The number of amides is 1. The number of nitrogens with one attached hydrogen (secondary N) is 1. The summed E-state index contributed by atoms with van der Waals surface area (Å²) in [5.74, 6) is -0.211. The molecule has 0 aliphatic rings. The quantitative estimate of drug-likeness (QED) is 0.442. The molecule has 0 saturated heterocycles. The summed E-state index contributed by atoms with van der Waals surface area (Å²) in [7, 11) is -0.591. The van der Waals surface area contributed by atoms with Crippen LogP contribution < -0.4 is 9.46 Å². The number of rotatable bonds is 10. The zero-order valence-corrected chi connectivity index (χ0v) is 19.0. The van der Waals surface area contributed by atoms with Gasteiger partial charge in [-0.15, -0.1) is 0 Å². The molecule has 0 fully saturated rings. The van der Waals surface area contributed by atoms with Crippen molar-refractivity contribution in [2.75, 3.05) is 32.0 Å². The van der Waals surface area contributed by atoms with E-state index in [0.29, 0.717) is 29.2 Å². The van der Waals surface area contributed by atoms with Crippen molar-refractivity contribution in [2.24, 2.45) is 0 Å². The lowest BCUT2D eigenvalue weighted by molar-refractivity contribution is -0.130. The van der Waals surface area contributed by atoms with E-state index in [-0.39, 0.29) is 17.4 Å². The molecule has 0 radical (unpaired) electrons. The first kappa shape index (κ1) is 24.2. The summed E-state index contributed by atoms with van der Waals surface area (Å²) >= 11 is 0. The molecule has 9 heteroatoms. The fourth-order valence-electron chi connectivity index (χ4n) is 2.50. The standard InChI is InChI=1S/C22H28N2O6S/c1-5-6-13-29-22(26)17-7-9-18(10-8-17)23-31(27,28)19-11-12-20(16(2)14-19)30-15-21(25)24(3)4/h7-12,14,23H,5-6,13,15H2,1-4H3. The van der Waals surface area contributed by atoms with Crippen LogP contribution in [0.4, 0.5) is 5.69 Å². The average Bonchev–Trinajstić information content (AvgIpc) is 2.72. The first-order chi connectivity index (χ1) is 14.6. The number of carbonyl (C=O) groups is 2. The van der Waals surface area contributed by atoms with Crippen LogP contribution in [0.15, 0.2) is 47.4 Å². The second kappa shape index (κ2) is 10.8. The summed E-state index contributed by atoms with van der Waals surface area (Å²) in [6.45, 7) is 3.92. The molecule has 1 amide bonds. The number of anilines is 1. The van der Waals surface area contributed by atoms with Crippen LogP contribution in [0.25, 0.3) is 0 Å². The van der Waals surface area contributed by atoms with Gasteiger partial charge in [-0.3, -0.25) is 9.52 Å². The van der Waals surface area contributed by atoms with Gasteiger partial charge in [-0.25, -0.2) is 13.2 Å². The lowest BCUT2D eigenvalue weighted by atomic mass is 10.2. The van der Waals surface area contributed by atoms with Crippen LogP contribution in [0.3, 0.4) is 0 Å². The van der Waals surface area contributed by atoms with Gasteiger partial charge in [-0.1, -0.05) is 13.3 Å². The SMILES string of the molecule is CCCCOC(=O)c1ccc(NS(=O)(=O)c2ccc(OCC(=O)N(C)C)c(C)c2)cc1. The number of hydrogen-bond donors (Lipinski definition) is 1. The van der Waals surface area contributed by atoms with Gasteiger partial charge in [0.15, 0.2) is 6.61 Å². The van der Waals surface area contributed by atoms with E-state index < -0.39 is 16.0 Å². The van der Waals surface area contributed by atoms with Crippen LogP contribution in [0.2, 0.25) is 0 Å². The van der Waals surface area contributed by atoms with Gasteiger partial charge in [0.25, 0.3) is 15.9 Å². The highest BCUT2D eigenvalue weighted by Crippen LogP contribution is 2.24. The van der Waals surface area contributed by atoms with Crippen LogP contribution in [-0.4, -0.2) is 52.5 Å². The first-order valence-electron chi connectivity index (χ1n) is 9.87. The van der Waals surface area contributed by atoms with E-state index in [0.717, 1.165) is 12.8 Å². The Balaban J connectivity index is 2.06. The summed E-state index contributed by atoms with van der Waals surface area (Å²) in [5.41, 5.74) is 1.25. The lowest BCUT2D eigenvalue weighted by Gasteiger charge is -2.14. The van der Waals surface area contributed by atoms with E-state index in [2.05, 4.69) is 4.72 Å². The minimum atomic E-state index is -3.84. The Morgan fingerprint density at radius 1 is 1.06 bits per heavy atom. The topological polar surface area (TPSA) is 102 Å². The summed E-state index contributed by atoms with van der Waals surface area (Å²) in [4.78, 5) is 25.1. The lowest BCUT2D eigenvalue weighted by Crippen LogP contribution is -2.27. The smallest absolute Gasteiger partial charge is 0.338 e. The number of carbonyl (C=O) groups excluding carboxylic acids is 2. The molecular formula is C22H28N2O6S.